The molecular formula is C21H26N2S. The third-order valence-corrected chi connectivity index (χ3v) is 3.97. The minimum atomic E-state index is -0.0709. The van der Waals surface area contributed by atoms with Gasteiger partial charge in [-0.15, -0.1) is 0 Å². The van der Waals surface area contributed by atoms with Crippen LogP contribution in [-0.2, 0) is 0 Å². The molecule has 2 rings (SSSR count). The molecule has 0 bridgehead atoms. The number of allylic oxidation sites excluding steroid dienone is 2. The Bertz CT molecular complexity index is 591. The van der Waals surface area contributed by atoms with Crippen LogP contribution in [0.2, 0.25) is 0 Å². The van der Waals surface area contributed by atoms with Gasteiger partial charge in [-0.05, 0) is 36.6 Å². The maximum atomic E-state index is 6.04. The quantitative estimate of drug-likeness (QED) is 0.557. The van der Waals surface area contributed by atoms with Crippen molar-refractivity contribution in [2.45, 2.75) is 17.9 Å². The van der Waals surface area contributed by atoms with E-state index in [1.807, 2.05) is 42.5 Å². The van der Waals surface area contributed by atoms with Crippen molar-refractivity contribution in [2.75, 3.05) is 6.54 Å². The third-order valence-electron chi connectivity index (χ3n) is 3.16. The number of benzene rings is 2. The molecule has 1 unspecified atom stereocenters. The first-order valence-electron chi connectivity index (χ1n) is 7.84. The van der Waals surface area contributed by atoms with E-state index in [-0.39, 0.29) is 6.04 Å². The van der Waals surface area contributed by atoms with E-state index in [0.717, 1.165) is 5.57 Å². The number of nitrogens with one attached hydrogen (secondary N) is 1. The van der Waals surface area contributed by atoms with E-state index >= 15 is 0 Å². The lowest BCUT2D eigenvalue weighted by Gasteiger charge is -2.13. The van der Waals surface area contributed by atoms with Crippen LogP contribution in [0.25, 0.3) is 0 Å². The van der Waals surface area contributed by atoms with Gasteiger partial charge in [0.25, 0.3) is 0 Å². The molecule has 0 radical (unpaired) electrons. The van der Waals surface area contributed by atoms with Gasteiger partial charge in [0.1, 0.15) is 0 Å². The second-order valence-electron chi connectivity index (χ2n) is 5.13. The van der Waals surface area contributed by atoms with Crippen LogP contribution in [0.15, 0.2) is 103 Å². The summed E-state index contributed by atoms with van der Waals surface area (Å²) in [4.78, 5) is 1.18. The molecule has 2 aromatic carbocycles. The lowest BCUT2D eigenvalue weighted by atomic mass is 10.1. The standard InChI is InChI=1S/C15H20N2S.C6H6/c1-4-6-13(5-2)15(16)11-17-18-14-9-7-12(3)8-10-14;1-2-4-6-5-3-1/h4-10,15,17H,1-2,11,16H2,3H3;1-6H/b13-6+;. The van der Waals surface area contributed by atoms with Gasteiger partial charge in [-0.3, -0.25) is 4.72 Å². The Balaban J connectivity index is 0.000000400. The van der Waals surface area contributed by atoms with Crippen molar-refractivity contribution in [1.29, 1.82) is 0 Å². The maximum Gasteiger partial charge on any atom is 0.0430 e. The van der Waals surface area contributed by atoms with Gasteiger partial charge < -0.3 is 5.73 Å². The summed E-state index contributed by atoms with van der Waals surface area (Å²) < 4.78 is 3.26. The van der Waals surface area contributed by atoms with Gasteiger partial charge in [-0.25, -0.2) is 0 Å². The highest BCUT2D eigenvalue weighted by atomic mass is 32.2. The molecule has 126 valence electrons. The average molecular weight is 339 g/mol. The van der Waals surface area contributed by atoms with E-state index in [2.05, 4.69) is 49.1 Å². The second-order valence-corrected chi connectivity index (χ2v) is 6.10. The average Bonchev–Trinajstić information content (AvgIpc) is 2.63. The first kappa shape index (κ1) is 20.0. The monoisotopic (exact) mass is 338 g/mol. The Morgan fingerprint density at radius 1 is 1.08 bits per heavy atom. The van der Waals surface area contributed by atoms with Crippen LogP contribution in [0, 0.1) is 6.92 Å². The Hall–Kier alpha value is -2.07. The molecule has 0 heterocycles. The number of aryl methyl sites for hydroxylation is 1. The van der Waals surface area contributed by atoms with Crippen molar-refractivity contribution < 1.29 is 0 Å². The minimum absolute atomic E-state index is 0.0709. The van der Waals surface area contributed by atoms with E-state index in [1.165, 1.54) is 10.5 Å². The molecule has 0 saturated heterocycles. The molecule has 0 aliphatic carbocycles. The maximum absolute atomic E-state index is 6.04. The summed E-state index contributed by atoms with van der Waals surface area (Å²) in [5.41, 5.74) is 8.29. The van der Waals surface area contributed by atoms with Crippen LogP contribution < -0.4 is 10.5 Å². The molecular weight excluding hydrogens is 312 g/mol. The van der Waals surface area contributed by atoms with Crippen LogP contribution >= 0.6 is 11.9 Å². The van der Waals surface area contributed by atoms with Crippen molar-refractivity contribution in [3.05, 3.63) is 103 Å². The fourth-order valence-corrected chi connectivity index (χ4v) is 2.50. The fourth-order valence-electron chi connectivity index (χ4n) is 1.80. The Labute approximate surface area is 150 Å². The van der Waals surface area contributed by atoms with Crippen LogP contribution in [0.5, 0.6) is 0 Å². The lowest BCUT2D eigenvalue weighted by molar-refractivity contribution is 0.762. The van der Waals surface area contributed by atoms with E-state index in [4.69, 9.17) is 5.73 Å². The topological polar surface area (TPSA) is 38.0 Å². The molecule has 2 nitrogen and oxygen atoms in total. The predicted octanol–water partition coefficient (Wildman–Crippen LogP) is 4.90. The number of rotatable bonds is 7. The van der Waals surface area contributed by atoms with Gasteiger partial charge in [0.05, 0.1) is 0 Å². The van der Waals surface area contributed by atoms with E-state index in [9.17, 15) is 0 Å². The molecule has 1 atom stereocenters. The summed E-state index contributed by atoms with van der Waals surface area (Å²) in [5.74, 6) is 0. The van der Waals surface area contributed by atoms with E-state index < -0.39 is 0 Å². The lowest BCUT2D eigenvalue weighted by Crippen LogP contribution is -2.32. The summed E-state index contributed by atoms with van der Waals surface area (Å²) in [6.07, 6.45) is 5.38. The van der Waals surface area contributed by atoms with Crippen LogP contribution in [0.3, 0.4) is 0 Å². The molecule has 0 amide bonds. The molecule has 0 spiro atoms. The molecule has 24 heavy (non-hydrogen) atoms. The fraction of sp³-hybridized carbons (Fsp3) is 0.143. The Kier molecular flexibility index (Phi) is 10.3. The zero-order chi connectivity index (χ0) is 17.6. The third kappa shape index (κ3) is 8.53. The second kappa shape index (κ2) is 12.4. The smallest absolute Gasteiger partial charge is 0.0430 e. The van der Waals surface area contributed by atoms with E-state index in [0.29, 0.717) is 6.54 Å². The van der Waals surface area contributed by atoms with Gasteiger partial charge in [0.15, 0.2) is 0 Å². The highest BCUT2D eigenvalue weighted by Crippen LogP contribution is 2.15. The van der Waals surface area contributed by atoms with Crippen molar-refractivity contribution in [1.82, 2.24) is 4.72 Å². The van der Waals surface area contributed by atoms with Gasteiger partial charge in [0.2, 0.25) is 0 Å². The Morgan fingerprint density at radius 2 is 1.62 bits per heavy atom. The minimum Gasteiger partial charge on any atom is -0.323 e. The zero-order valence-electron chi connectivity index (χ0n) is 14.2. The molecule has 0 saturated carbocycles. The zero-order valence-corrected chi connectivity index (χ0v) is 15.0. The highest BCUT2D eigenvalue weighted by molar-refractivity contribution is 7.97. The number of nitrogens with two attached hydrogens (primary N) is 1. The van der Waals surface area contributed by atoms with Gasteiger partial charge in [0, 0.05) is 17.5 Å². The predicted molar refractivity (Wildman–Crippen MR) is 108 cm³/mol. The van der Waals surface area contributed by atoms with Gasteiger partial charge in [-0.1, -0.05) is 85.5 Å². The van der Waals surface area contributed by atoms with Gasteiger partial charge >= 0.3 is 0 Å². The summed E-state index contributed by atoms with van der Waals surface area (Å²) in [6, 6.07) is 20.3. The summed E-state index contributed by atoms with van der Waals surface area (Å²) >= 11 is 1.59. The normalized spacial score (nSPS) is 11.8. The van der Waals surface area contributed by atoms with Crippen molar-refractivity contribution in [3.8, 4) is 0 Å². The van der Waals surface area contributed by atoms with Crippen molar-refractivity contribution >= 4 is 11.9 Å². The van der Waals surface area contributed by atoms with Gasteiger partial charge in [-0.2, -0.15) is 0 Å². The Morgan fingerprint density at radius 3 is 2.08 bits per heavy atom. The highest BCUT2D eigenvalue weighted by Gasteiger charge is 2.05. The molecule has 3 heteroatoms. The van der Waals surface area contributed by atoms with E-state index in [1.54, 1.807) is 24.1 Å². The molecule has 0 fully saturated rings. The summed E-state index contributed by atoms with van der Waals surface area (Å²) in [7, 11) is 0. The largest absolute Gasteiger partial charge is 0.323 e. The molecule has 0 aliphatic rings. The van der Waals surface area contributed by atoms with Crippen LogP contribution in [-0.4, -0.2) is 12.6 Å². The molecule has 0 aromatic heterocycles. The molecule has 3 N–H and O–H groups in total. The number of hydrogen-bond donors (Lipinski definition) is 2. The summed E-state index contributed by atoms with van der Waals surface area (Å²) in [6.45, 7) is 10.2. The van der Waals surface area contributed by atoms with Crippen LogP contribution in [0.4, 0.5) is 0 Å². The summed E-state index contributed by atoms with van der Waals surface area (Å²) in [5, 5.41) is 0. The number of hydrogen-bond acceptors (Lipinski definition) is 3. The first-order chi connectivity index (χ1) is 11.7. The van der Waals surface area contributed by atoms with Crippen molar-refractivity contribution in [2.24, 2.45) is 5.73 Å². The SMILES string of the molecule is C=C/C=C(\C=C)C(N)CNSc1ccc(C)cc1.c1ccccc1. The molecule has 2 aromatic rings. The molecule has 0 aliphatic heterocycles. The first-order valence-corrected chi connectivity index (χ1v) is 8.66. The van der Waals surface area contributed by atoms with Crippen molar-refractivity contribution in [3.63, 3.8) is 0 Å². The van der Waals surface area contributed by atoms with Crippen LogP contribution in [0.1, 0.15) is 5.56 Å².